The van der Waals surface area contributed by atoms with Crippen molar-refractivity contribution in [2.45, 2.75) is 19.4 Å². The summed E-state index contributed by atoms with van der Waals surface area (Å²) in [6, 6.07) is 9.63. The van der Waals surface area contributed by atoms with Gasteiger partial charge in [-0.2, -0.15) is 5.10 Å². The number of aryl methyl sites for hydroxylation is 1. The number of benzene rings is 1. The number of methoxy groups -OCH3 is 1. The van der Waals surface area contributed by atoms with E-state index in [4.69, 9.17) is 38.0 Å². The molecule has 3 aromatic rings. The van der Waals surface area contributed by atoms with Gasteiger partial charge in [0.1, 0.15) is 10.9 Å². The highest BCUT2D eigenvalue weighted by molar-refractivity contribution is 6.33. The predicted octanol–water partition coefficient (Wildman–Crippen LogP) is 4.48. The second-order valence-electron chi connectivity index (χ2n) is 7.68. The third kappa shape index (κ3) is 3.49. The van der Waals surface area contributed by atoms with Gasteiger partial charge in [-0.05, 0) is 24.3 Å². The molecule has 2 aliphatic heterocycles. The highest BCUT2D eigenvalue weighted by Crippen LogP contribution is 2.36. The van der Waals surface area contributed by atoms with Crippen molar-refractivity contribution in [3.63, 3.8) is 0 Å². The van der Waals surface area contributed by atoms with Crippen LogP contribution in [0.1, 0.15) is 16.8 Å². The predicted molar refractivity (Wildman–Crippen MR) is 119 cm³/mol. The topological polar surface area (TPSA) is 55.5 Å². The molecule has 0 N–H and O–H groups in total. The third-order valence-electron chi connectivity index (χ3n) is 5.69. The maximum atomic E-state index is 6.58. The summed E-state index contributed by atoms with van der Waals surface area (Å²) in [5, 5.41) is 5.91. The van der Waals surface area contributed by atoms with Crippen molar-refractivity contribution in [1.82, 2.24) is 19.7 Å². The van der Waals surface area contributed by atoms with Crippen molar-refractivity contribution in [1.29, 1.82) is 0 Å². The fourth-order valence-electron chi connectivity index (χ4n) is 4.29. The second-order valence-corrected chi connectivity index (χ2v) is 8.47. The Labute approximate surface area is 185 Å². The van der Waals surface area contributed by atoms with Gasteiger partial charge in [-0.25, -0.2) is 9.98 Å². The van der Waals surface area contributed by atoms with Crippen LogP contribution >= 0.6 is 23.2 Å². The molecule has 6 nitrogen and oxygen atoms in total. The lowest BCUT2D eigenvalue weighted by atomic mass is 10.00. The molecule has 2 aliphatic rings. The summed E-state index contributed by atoms with van der Waals surface area (Å²) < 4.78 is 7.24. The molecular formula is C22H21Cl2N5O. The van der Waals surface area contributed by atoms with Crippen LogP contribution in [-0.4, -0.2) is 45.6 Å². The van der Waals surface area contributed by atoms with Gasteiger partial charge in [-0.15, -0.1) is 0 Å². The van der Waals surface area contributed by atoms with Crippen molar-refractivity contribution >= 4 is 34.7 Å². The van der Waals surface area contributed by atoms with E-state index in [9.17, 15) is 0 Å². The lowest BCUT2D eigenvalue weighted by molar-refractivity contribution is 0.289. The maximum Gasteiger partial charge on any atom is 0.157 e. The van der Waals surface area contributed by atoms with Gasteiger partial charge in [0.25, 0.3) is 0 Å². The Morgan fingerprint density at radius 2 is 2.03 bits per heavy atom. The van der Waals surface area contributed by atoms with E-state index in [-0.39, 0.29) is 0 Å². The normalized spacial score (nSPS) is 15.7. The number of aliphatic imine (C=N–C) groups is 1. The van der Waals surface area contributed by atoms with Gasteiger partial charge >= 0.3 is 0 Å². The molecule has 0 fully saturated rings. The van der Waals surface area contributed by atoms with Crippen LogP contribution in [0, 0.1) is 0 Å². The first kappa shape index (κ1) is 19.5. The van der Waals surface area contributed by atoms with E-state index in [1.54, 1.807) is 7.11 Å². The summed E-state index contributed by atoms with van der Waals surface area (Å²) in [6.45, 7) is 2.56. The van der Waals surface area contributed by atoms with Crippen LogP contribution in [0.25, 0.3) is 11.3 Å². The van der Waals surface area contributed by atoms with E-state index >= 15 is 0 Å². The van der Waals surface area contributed by atoms with Gasteiger partial charge in [0.15, 0.2) is 5.82 Å². The van der Waals surface area contributed by atoms with Crippen molar-refractivity contribution in [3.8, 4) is 17.0 Å². The van der Waals surface area contributed by atoms with E-state index in [0.29, 0.717) is 10.2 Å². The lowest BCUT2D eigenvalue weighted by Crippen LogP contribution is -2.34. The number of aromatic nitrogens is 3. The highest BCUT2D eigenvalue weighted by atomic mass is 35.5. The van der Waals surface area contributed by atoms with Crippen molar-refractivity contribution in [3.05, 3.63) is 57.3 Å². The third-order valence-corrected chi connectivity index (χ3v) is 6.22. The van der Waals surface area contributed by atoms with Crippen LogP contribution in [0.15, 0.2) is 35.3 Å². The molecule has 5 rings (SSSR count). The van der Waals surface area contributed by atoms with Crippen LogP contribution in [-0.2, 0) is 26.4 Å². The summed E-state index contributed by atoms with van der Waals surface area (Å²) in [7, 11) is 3.62. The van der Waals surface area contributed by atoms with Crippen molar-refractivity contribution in [2.75, 3.05) is 20.2 Å². The molecule has 0 aliphatic carbocycles. The maximum absolute atomic E-state index is 6.58. The minimum atomic E-state index is 0.484. The van der Waals surface area contributed by atoms with E-state index in [1.807, 2.05) is 42.1 Å². The number of pyridine rings is 1. The minimum absolute atomic E-state index is 0.484. The standard InChI is InChI=1S/C22H21Cl2N5O/c1-28-21(16-5-4-15(30-2)10-18(16)23)17-12-29(8-7-19(17)27-28)11-14-9-13-3-6-20(24)26-22(13)25-14/h3-6,10H,7-9,11-12H2,1-2H3. The fourth-order valence-corrected chi connectivity index (χ4v) is 4.69. The molecule has 2 aromatic heterocycles. The van der Waals surface area contributed by atoms with E-state index in [1.165, 1.54) is 5.56 Å². The summed E-state index contributed by atoms with van der Waals surface area (Å²) in [6.07, 6.45) is 1.73. The summed E-state index contributed by atoms with van der Waals surface area (Å²) in [5.74, 6) is 1.50. The van der Waals surface area contributed by atoms with Crippen LogP contribution in [0.3, 0.4) is 0 Å². The Bertz CT molecular complexity index is 1170. The zero-order chi connectivity index (χ0) is 20.8. The van der Waals surface area contributed by atoms with Crippen molar-refractivity contribution < 1.29 is 4.74 Å². The number of rotatable bonds is 4. The molecule has 0 bridgehead atoms. The monoisotopic (exact) mass is 441 g/mol. The number of hydrogen-bond acceptors (Lipinski definition) is 5. The molecule has 0 spiro atoms. The van der Waals surface area contributed by atoms with E-state index in [0.717, 1.165) is 72.3 Å². The van der Waals surface area contributed by atoms with Gasteiger partial charge in [-0.3, -0.25) is 9.58 Å². The minimum Gasteiger partial charge on any atom is -0.497 e. The van der Waals surface area contributed by atoms with E-state index in [2.05, 4.69) is 9.88 Å². The molecular weight excluding hydrogens is 421 g/mol. The highest BCUT2D eigenvalue weighted by Gasteiger charge is 2.27. The SMILES string of the molecule is COc1ccc(-c2c3c(nn2C)CCN(CC2=Nc4nc(Cl)ccc4C2)C3)c(Cl)c1. The molecule has 8 heteroatoms. The number of fused-ring (bicyclic) bond motifs is 2. The molecule has 0 saturated heterocycles. The molecule has 0 saturated carbocycles. The van der Waals surface area contributed by atoms with Gasteiger partial charge < -0.3 is 4.74 Å². The molecule has 154 valence electrons. The Morgan fingerprint density at radius 1 is 1.17 bits per heavy atom. The average Bonchev–Trinajstić information content (AvgIpc) is 3.26. The van der Waals surface area contributed by atoms with Crippen LogP contribution in [0.2, 0.25) is 10.2 Å². The van der Waals surface area contributed by atoms with Gasteiger partial charge in [0, 0.05) is 61.9 Å². The molecule has 0 radical (unpaired) electrons. The molecule has 1 aromatic carbocycles. The molecule has 0 unspecified atom stereocenters. The lowest BCUT2D eigenvalue weighted by Gasteiger charge is -2.27. The Morgan fingerprint density at radius 3 is 2.83 bits per heavy atom. The fraction of sp³-hybridized carbons (Fsp3) is 0.318. The van der Waals surface area contributed by atoms with Gasteiger partial charge in [-0.1, -0.05) is 29.3 Å². The van der Waals surface area contributed by atoms with Crippen LogP contribution < -0.4 is 4.74 Å². The summed E-state index contributed by atoms with van der Waals surface area (Å²) in [5.41, 5.74) is 6.66. The quantitative estimate of drug-likeness (QED) is 0.559. The summed E-state index contributed by atoms with van der Waals surface area (Å²) >= 11 is 12.6. The molecule has 4 heterocycles. The Kier molecular flexibility index (Phi) is 5.01. The first-order chi connectivity index (χ1) is 14.5. The smallest absolute Gasteiger partial charge is 0.157 e. The second kappa shape index (κ2) is 7.69. The molecule has 0 atom stereocenters. The zero-order valence-corrected chi connectivity index (χ0v) is 18.3. The van der Waals surface area contributed by atoms with Crippen LogP contribution in [0.5, 0.6) is 5.75 Å². The average molecular weight is 442 g/mol. The van der Waals surface area contributed by atoms with Crippen molar-refractivity contribution in [2.24, 2.45) is 12.0 Å². The van der Waals surface area contributed by atoms with Crippen LogP contribution in [0.4, 0.5) is 5.82 Å². The first-order valence-corrected chi connectivity index (χ1v) is 10.6. The summed E-state index contributed by atoms with van der Waals surface area (Å²) in [4.78, 5) is 11.5. The largest absolute Gasteiger partial charge is 0.497 e. The zero-order valence-electron chi connectivity index (χ0n) is 16.8. The Balaban J connectivity index is 1.40. The number of halogens is 2. The number of nitrogens with zero attached hydrogens (tertiary/aromatic N) is 5. The number of hydrogen-bond donors (Lipinski definition) is 0. The Hall–Kier alpha value is -2.41. The van der Waals surface area contributed by atoms with Gasteiger partial charge in [0.2, 0.25) is 0 Å². The first-order valence-electron chi connectivity index (χ1n) is 9.84. The molecule has 30 heavy (non-hydrogen) atoms. The van der Waals surface area contributed by atoms with E-state index < -0.39 is 0 Å². The molecule has 0 amide bonds. The van der Waals surface area contributed by atoms with Gasteiger partial charge in [0.05, 0.1) is 23.5 Å². The number of ether oxygens (including phenoxy) is 1.